The Labute approximate surface area is 119 Å². The fourth-order valence-corrected chi connectivity index (χ4v) is 2.14. The standard InChI is InChI=1S/C16H22FN3/c1-11(2)18-8-15-10-20(19-13(15)4)9-14-5-6-16(17)7-12(14)3/h5-7,10-11,18H,8-9H2,1-4H3. The van der Waals surface area contributed by atoms with Gasteiger partial charge >= 0.3 is 0 Å². The van der Waals surface area contributed by atoms with Crippen molar-refractivity contribution in [3.8, 4) is 0 Å². The van der Waals surface area contributed by atoms with Crippen molar-refractivity contribution >= 4 is 0 Å². The Hall–Kier alpha value is -1.68. The van der Waals surface area contributed by atoms with Crippen LogP contribution in [0, 0.1) is 19.7 Å². The molecule has 0 unspecified atom stereocenters. The van der Waals surface area contributed by atoms with Crippen molar-refractivity contribution in [1.82, 2.24) is 15.1 Å². The monoisotopic (exact) mass is 275 g/mol. The Kier molecular flexibility index (Phi) is 4.55. The maximum absolute atomic E-state index is 13.1. The highest BCUT2D eigenvalue weighted by Crippen LogP contribution is 2.13. The van der Waals surface area contributed by atoms with Gasteiger partial charge in [-0.05, 0) is 37.1 Å². The number of nitrogens with zero attached hydrogens (tertiary/aromatic N) is 2. The fraction of sp³-hybridized carbons (Fsp3) is 0.438. The minimum Gasteiger partial charge on any atom is -0.310 e. The van der Waals surface area contributed by atoms with Crippen LogP contribution in [0.15, 0.2) is 24.4 Å². The first-order chi connectivity index (χ1) is 9.45. The van der Waals surface area contributed by atoms with Crippen molar-refractivity contribution in [1.29, 1.82) is 0 Å². The molecule has 0 bridgehead atoms. The Bertz CT molecular complexity index is 587. The third-order valence-corrected chi connectivity index (χ3v) is 3.39. The zero-order valence-electron chi connectivity index (χ0n) is 12.6. The van der Waals surface area contributed by atoms with Crippen LogP contribution in [0.4, 0.5) is 4.39 Å². The molecule has 1 aromatic heterocycles. The van der Waals surface area contributed by atoms with E-state index in [1.54, 1.807) is 6.07 Å². The van der Waals surface area contributed by atoms with Crippen LogP contribution in [0.1, 0.15) is 36.2 Å². The molecule has 0 aliphatic heterocycles. The van der Waals surface area contributed by atoms with Gasteiger partial charge in [0.1, 0.15) is 5.82 Å². The third kappa shape index (κ3) is 3.67. The van der Waals surface area contributed by atoms with E-state index in [1.165, 1.54) is 11.6 Å². The molecule has 4 heteroatoms. The number of hydrogen-bond acceptors (Lipinski definition) is 2. The van der Waals surface area contributed by atoms with E-state index in [-0.39, 0.29) is 5.82 Å². The van der Waals surface area contributed by atoms with E-state index in [9.17, 15) is 4.39 Å². The lowest BCUT2D eigenvalue weighted by Gasteiger charge is -2.07. The Balaban J connectivity index is 2.12. The average molecular weight is 275 g/mol. The summed E-state index contributed by atoms with van der Waals surface area (Å²) in [5, 5.41) is 7.93. The molecular weight excluding hydrogens is 253 g/mol. The SMILES string of the molecule is Cc1cc(F)ccc1Cn1cc(CNC(C)C)c(C)n1. The molecule has 0 saturated carbocycles. The summed E-state index contributed by atoms with van der Waals surface area (Å²) >= 11 is 0. The molecule has 108 valence electrons. The van der Waals surface area contributed by atoms with Gasteiger partial charge in [0.25, 0.3) is 0 Å². The number of hydrogen-bond donors (Lipinski definition) is 1. The molecule has 0 atom stereocenters. The minimum atomic E-state index is -0.190. The minimum absolute atomic E-state index is 0.190. The molecule has 0 radical (unpaired) electrons. The lowest BCUT2D eigenvalue weighted by Crippen LogP contribution is -2.21. The van der Waals surface area contributed by atoms with Gasteiger partial charge in [0.2, 0.25) is 0 Å². The van der Waals surface area contributed by atoms with E-state index in [0.717, 1.165) is 23.4 Å². The van der Waals surface area contributed by atoms with Crippen molar-refractivity contribution in [3.05, 3.63) is 52.6 Å². The highest BCUT2D eigenvalue weighted by Gasteiger charge is 2.07. The van der Waals surface area contributed by atoms with Gasteiger partial charge < -0.3 is 5.32 Å². The van der Waals surface area contributed by atoms with Crippen LogP contribution in [-0.2, 0) is 13.1 Å². The molecule has 0 amide bonds. The molecule has 1 aromatic carbocycles. The zero-order valence-corrected chi connectivity index (χ0v) is 12.6. The molecule has 2 aromatic rings. The molecule has 20 heavy (non-hydrogen) atoms. The van der Waals surface area contributed by atoms with Crippen LogP contribution in [0.2, 0.25) is 0 Å². The molecule has 3 nitrogen and oxygen atoms in total. The molecule has 0 aliphatic rings. The van der Waals surface area contributed by atoms with Crippen LogP contribution < -0.4 is 5.32 Å². The Morgan fingerprint density at radius 2 is 2.00 bits per heavy atom. The summed E-state index contributed by atoms with van der Waals surface area (Å²) in [6, 6.07) is 5.35. The highest BCUT2D eigenvalue weighted by molar-refractivity contribution is 5.27. The van der Waals surface area contributed by atoms with Gasteiger partial charge in [-0.25, -0.2) is 4.39 Å². The number of aromatic nitrogens is 2. The van der Waals surface area contributed by atoms with Crippen molar-refractivity contribution in [2.45, 2.75) is 46.8 Å². The number of benzene rings is 1. The molecule has 2 rings (SSSR count). The molecule has 0 spiro atoms. The number of rotatable bonds is 5. The summed E-state index contributed by atoms with van der Waals surface area (Å²) in [6.45, 7) is 9.70. The van der Waals surface area contributed by atoms with E-state index in [1.807, 2.05) is 24.6 Å². The number of halogens is 1. The maximum atomic E-state index is 13.1. The average Bonchev–Trinajstić information content (AvgIpc) is 2.71. The van der Waals surface area contributed by atoms with Crippen LogP contribution in [0.3, 0.4) is 0 Å². The van der Waals surface area contributed by atoms with Gasteiger partial charge in [0.15, 0.2) is 0 Å². The summed E-state index contributed by atoms with van der Waals surface area (Å²) in [4.78, 5) is 0. The molecule has 0 aliphatic carbocycles. The molecule has 1 heterocycles. The normalized spacial score (nSPS) is 11.3. The van der Waals surface area contributed by atoms with Gasteiger partial charge in [0.05, 0.1) is 12.2 Å². The van der Waals surface area contributed by atoms with Gasteiger partial charge in [-0.15, -0.1) is 0 Å². The van der Waals surface area contributed by atoms with Crippen LogP contribution in [0.25, 0.3) is 0 Å². The van der Waals surface area contributed by atoms with E-state index in [4.69, 9.17) is 0 Å². The number of nitrogens with one attached hydrogen (secondary N) is 1. The summed E-state index contributed by atoms with van der Waals surface area (Å²) in [5.74, 6) is -0.190. The second-order valence-electron chi connectivity index (χ2n) is 5.54. The smallest absolute Gasteiger partial charge is 0.123 e. The fourth-order valence-electron chi connectivity index (χ4n) is 2.14. The van der Waals surface area contributed by atoms with E-state index >= 15 is 0 Å². The predicted octanol–water partition coefficient (Wildman–Crippen LogP) is 3.19. The quantitative estimate of drug-likeness (QED) is 0.908. The lowest BCUT2D eigenvalue weighted by molar-refractivity contribution is 0.587. The van der Waals surface area contributed by atoms with Gasteiger partial charge in [-0.3, -0.25) is 4.68 Å². The Morgan fingerprint density at radius 3 is 2.65 bits per heavy atom. The number of aryl methyl sites for hydroxylation is 2. The van der Waals surface area contributed by atoms with E-state index < -0.39 is 0 Å². The molecule has 1 N–H and O–H groups in total. The summed E-state index contributed by atoms with van der Waals surface area (Å²) in [5.41, 5.74) is 4.30. The first kappa shape index (κ1) is 14.7. The molecule has 0 fully saturated rings. The van der Waals surface area contributed by atoms with Crippen LogP contribution in [0.5, 0.6) is 0 Å². The van der Waals surface area contributed by atoms with Gasteiger partial charge in [-0.1, -0.05) is 19.9 Å². The highest BCUT2D eigenvalue weighted by atomic mass is 19.1. The lowest BCUT2D eigenvalue weighted by atomic mass is 10.1. The maximum Gasteiger partial charge on any atom is 0.123 e. The van der Waals surface area contributed by atoms with Crippen LogP contribution >= 0.6 is 0 Å². The van der Waals surface area contributed by atoms with Crippen LogP contribution in [-0.4, -0.2) is 15.8 Å². The van der Waals surface area contributed by atoms with Gasteiger partial charge in [-0.2, -0.15) is 5.10 Å². The second kappa shape index (κ2) is 6.18. The van der Waals surface area contributed by atoms with Crippen molar-refractivity contribution in [2.24, 2.45) is 0 Å². The molecular formula is C16H22FN3. The van der Waals surface area contributed by atoms with Crippen molar-refractivity contribution in [3.63, 3.8) is 0 Å². The van der Waals surface area contributed by atoms with E-state index in [2.05, 4.69) is 30.5 Å². The van der Waals surface area contributed by atoms with Gasteiger partial charge in [0, 0.05) is 24.3 Å². The van der Waals surface area contributed by atoms with Crippen molar-refractivity contribution in [2.75, 3.05) is 0 Å². The zero-order chi connectivity index (χ0) is 14.7. The first-order valence-electron chi connectivity index (χ1n) is 6.97. The topological polar surface area (TPSA) is 29.9 Å². The summed E-state index contributed by atoms with van der Waals surface area (Å²) < 4.78 is 15.0. The summed E-state index contributed by atoms with van der Waals surface area (Å²) in [7, 11) is 0. The largest absolute Gasteiger partial charge is 0.310 e. The van der Waals surface area contributed by atoms with E-state index in [0.29, 0.717) is 12.6 Å². The summed E-state index contributed by atoms with van der Waals surface area (Å²) in [6.07, 6.45) is 2.06. The predicted molar refractivity (Wildman–Crippen MR) is 79.2 cm³/mol. The third-order valence-electron chi connectivity index (χ3n) is 3.39. The van der Waals surface area contributed by atoms with Crippen molar-refractivity contribution < 1.29 is 4.39 Å². The second-order valence-corrected chi connectivity index (χ2v) is 5.54. The Morgan fingerprint density at radius 1 is 1.25 bits per heavy atom. The molecule has 0 saturated heterocycles. The first-order valence-corrected chi connectivity index (χ1v) is 6.97.